The molecule has 0 radical (unpaired) electrons. The third-order valence-corrected chi connectivity index (χ3v) is 5.26. The molecule has 0 saturated carbocycles. The van der Waals surface area contributed by atoms with E-state index in [1.807, 2.05) is 4.68 Å². The lowest BCUT2D eigenvalue weighted by atomic mass is 9.96. The zero-order valence-electron chi connectivity index (χ0n) is 16.0. The molecule has 0 N–H and O–H groups in total. The molecule has 1 aromatic heterocycles. The van der Waals surface area contributed by atoms with Crippen molar-refractivity contribution < 1.29 is 0 Å². The smallest absolute Gasteiger partial charge is 0.275 e. The molecule has 0 atom stereocenters. The molecule has 1 heterocycles. The van der Waals surface area contributed by atoms with Crippen molar-refractivity contribution in [2.45, 2.75) is 60.0 Å². The van der Waals surface area contributed by atoms with Gasteiger partial charge >= 0.3 is 0 Å². The van der Waals surface area contributed by atoms with Crippen LogP contribution in [-0.2, 0) is 6.54 Å². The van der Waals surface area contributed by atoms with Crippen LogP contribution >= 0.6 is 0 Å². The summed E-state index contributed by atoms with van der Waals surface area (Å²) < 4.78 is 4.14. The fourth-order valence-corrected chi connectivity index (χ4v) is 3.98. The molecular formula is C22H28N2O. The average Bonchev–Trinajstić information content (AvgIpc) is 2.89. The van der Waals surface area contributed by atoms with Crippen LogP contribution in [0.5, 0.6) is 0 Å². The molecule has 0 saturated heterocycles. The van der Waals surface area contributed by atoms with Gasteiger partial charge in [-0.2, -0.15) is 0 Å². The first-order chi connectivity index (χ1) is 12.0. The van der Waals surface area contributed by atoms with Crippen LogP contribution < -0.4 is 5.56 Å². The summed E-state index contributed by atoms with van der Waals surface area (Å²) in [6.45, 7) is 11.4. The van der Waals surface area contributed by atoms with E-state index in [1.165, 1.54) is 11.1 Å². The maximum atomic E-state index is 13.2. The molecule has 3 nitrogen and oxygen atoms in total. The topological polar surface area (TPSA) is 26.9 Å². The van der Waals surface area contributed by atoms with E-state index in [1.54, 1.807) is 0 Å². The van der Waals surface area contributed by atoms with E-state index >= 15 is 0 Å². The summed E-state index contributed by atoms with van der Waals surface area (Å²) in [6, 6.07) is 13.0. The van der Waals surface area contributed by atoms with Crippen LogP contribution in [0.1, 0.15) is 50.8 Å². The van der Waals surface area contributed by atoms with Gasteiger partial charge in [-0.3, -0.25) is 9.48 Å². The molecule has 3 rings (SSSR count). The SMILES string of the molecule is CCC(CC)n1c2cccc(-c3ccc(C)cc3C)c2c(=O)n1CC. The maximum Gasteiger partial charge on any atom is 0.275 e. The third-order valence-electron chi connectivity index (χ3n) is 5.26. The van der Waals surface area contributed by atoms with Crippen molar-refractivity contribution in [1.29, 1.82) is 0 Å². The number of aromatic nitrogens is 2. The van der Waals surface area contributed by atoms with Crippen LogP contribution in [0.2, 0.25) is 0 Å². The van der Waals surface area contributed by atoms with Crippen LogP contribution in [0.15, 0.2) is 41.2 Å². The first-order valence-electron chi connectivity index (χ1n) is 9.35. The Hall–Kier alpha value is -2.29. The minimum atomic E-state index is 0.125. The van der Waals surface area contributed by atoms with E-state index in [9.17, 15) is 4.79 Å². The molecular weight excluding hydrogens is 308 g/mol. The fourth-order valence-electron chi connectivity index (χ4n) is 3.98. The van der Waals surface area contributed by atoms with E-state index in [2.05, 4.69) is 75.7 Å². The summed E-state index contributed by atoms with van der Waals surface area (Å²) in [7, 11) is 0. The number of hydrogen-bond acceptors (Lipinski definition) is 1. The zero-order chi connectivity index (χ0) is 18.1. The van der Waals surface area contributed by atoms with Crippen molar-refractivity contribution in [2.75, 3.05) is 0 Å². The molecule has 0 fully saturated rings. The minimum Gasteiger partial charge on any atom is -0.279 e. The second-order valence-electron chi connectivity index (χ2n) is 6.85. The Morgan fingerprint density at radius 3 is 2.28 bits per heavy atom. The lowest BCUT2D eigenvalue weighted by Gasteiger charge is -2.20. The Labute approximate surface area is 149 Å². The molecule has 0 bridgehead atoms. The van der Waals surface area contributed by atoms with Gasteiger partial charge in [0.2, 0.25) is 0 Å². The van der Waals surface area contributed by atoms with Crippen LogP contribution in [-0.4, -0.2) is 9.36 Å². The van der Waals surface area contributed by atoms with Crippen LogP contribution in [0.25, 0.3) is 22.0 Å². The van der Waals surface area contributed by atoms with Crippen LogP contribution in [0, 0.1) is 13.8 Å². The quantitative estimate of drug-likeness (QED) is 0.607. The van der Waals surface area contributed by atoms with Crippen LogP contribution in [0.4, 0.5) is 0 Å². The maximum absolute atomic E-state index is 13.2. The Bertz CT molecular complexity index is 958. The molecule has 0 aliphatic carbocycles. The van der Waals surface area contributed by atoms with Gasteiger partial charge in [-0.1, -0.05) is 49.7 Å². The molecule has 3 heteroatoms. The molecule has 132 valence electrons. The highest BCUT2D eigenvalue weighted by molar-refractivity contribution is 5.95. The third kappa shape index (κ3) is 2.82. The highest BCUT2D eigenvalue weighted by Crippen LogP contribution is 2.32. The van der Waals surface area contributed by atoms with Gasteiger partial charge in [0.1, 0.15) is 0 Å². The standard InChI is InChI=1S/C22H28N2O/c1-6-17(7-2)24-20-11-9-10-19(21(20)22(25)23(24)8-3)18-13-12-15(4)14-16(18)5/h9-14,17H,6-8H2,1-5H3. The Morgan fingerprint density at radius 2 is 1.68 bits per heavy atom. The summed E-state index contributed by atoms with van der Waals surface area (Å²) in [6.07, 6.45) is 2.04. The lowest BCUT2D eigenvalue weighted by molar-refractivity contribution is 0.365. The van der Waals surface area contributed by atoms with Crippen molar-refractivity contribution in [3.05, 3.63) is 57.9 Å². The van der Waals surface area contributed by atoms with Gasteiger partial charge in [0, 0.05) is 6.54 Å². The summed E-state index contributed by atoms with van der Waals surface area (Å²) >= 11 is 0. The molecule has 2 aromatic carbocycles. The van der Waals surface area contributed by atoms with Crippen molar-refractivity contribution >= 4 is 10.9 Å². The average molecular weight is 336 g/mol. The molecule has 0 spiro atoms. The van der Waals surface area contributed by atoms with Crippen molar-refractivity contribution in [1.82, 2.24) is 9.36 Å². The predicted octanol–water partition coefficient (Wildman–Crippen LogP) is 5.47. The monoisotopic (exact) mass is 336 g/mol. The van der Waals surface area contributed by atoms with Crippen molar-refractivity contribution in [3.63, 3.8) is 0 Å². The van der Waals surface area contributed by atoms with Gasteiger partial charge < -0.3 is 0 Å². The van der Waals surface area contributed by atoms with E-state index < -0.39 is 0 Å². The van der Waals surface area contributed by atoms with Gasteiger partial charge in [0.15, 0.2) is 0 Å². The van der Waals surface area contributed by atoms with Gasteiger partial charge in [-0.15, -0.1) is 0 Å². The minimum absolute atomic E-state index is 0.125. The number of benzene rings is 2. The second-order valence-corrected chi connectivity index (χ2v) is 6.85. The second kappa shape index (κ2) is 6.91. The van der Waals surface area contributed by atoms with Crippen LogP contribution in [0.3, 0.4) is 0 Å². The Morgan fingerprint density at radius 1 is 0.960 bits per heavy atom. The summed E-state index contributed by atoms with van der Waals surface area (Å²) in [4.78, 5) is 13.2. The highest BCUT2D eigenvalue weighted by atomic mass is 16.1. The zero-order valence-corrected chi connectivity index (χ0v) is 16.0. The molecule has 0 amide bonds. The van der Waals surface area contributed by atoms with Gasteiger partial charge in [-0.25, -0.2) is 4.68 Å². The molecule has 25 heavy (non-hydrogen) atoms. The largest absolute Gasteiger partial charge is 0.279 e. The fraction of sp³-hybridized carbons (Fsp3) is 0.409. The van der Waals surface area contributed by atoms with E-state index in [-0.39, 0.29) is 5.56 Å². The first-order valence-corrected chi connectivity index (χ1v) is 9.35. The van der Waals surface area contributed by atoms with Crippen molar-refractivity contribution in [3.8, 4) is 11.1 Å². The Balaban J connectivity index is 2.39. The molecule has 0 aliphatic heterocycles. The normalized spacial score (nSPS) is 11.6. The number of aryl methyl sites for hydroxylation is 2. The number of hydrogen-bond donors (Lipinski definition) is 0. The van der Waals surface area contributed by atoms with Gasteiger partial charge in [0.25, 0.3) is 5.56 Å². The van der Waals surface area contributed by atoms with Crippen molar-refractivity contribution in [2.24, 2.45) is 0 Å². The Kier molecular flexibility index (Phi) is 4.85. The molecule has 3 aromatic rings. The number of fused-ring (bicyclic) bond motifs is 1. The van der Waals surface area contributed by atoms with Gasteiger partial charge in [0.05, 0.1) is 16.9 Å². The summed E-state index contributed by atoms with van der Waals surface area (Å²) in [5, 5.41) is 0.850. The van der Waals surface area contributed by atoms with E-state index in [4.69, 9.17) is 0 Å². The first kappa shape index (κ1) is 17.5. The van der Waals surface area contributed by atoms with E-state index in [0.717, 1.165) is 34.9 Å². The molecule has 0 unspecified atom stereocenters. The van der Waals surface area contributed by atoms with E-state index in [0.29, 0.717) is 12.6 Å². The van der Waals surface area contributed by atoms with Gasteiger partial charge in [-0.05, 0) is 56.4 Å². The summed E-state index contributed by atoms with van der Waals surface area (Å²) in [5.41, 5.74) is 5.84. The molecule has 0 aliphatic rings. The number of rotatable bonds is 5. The predicted molar refractivity (Wildman–Crippen MR) is 106 cm³/mol. The summed E-state index contributed by atoms with van der Waals surface area (Å²) in [5.74, 6) is 0. The number of nitrogens with zero attached hydrogens (tertiary/aromatic N) is 2. The lowest BCUT2D eigenvalue weighted by Crippen LogP contribution is -2.25. The highest BCUT2D eigenvalue weighted by Gasteiger charge is 2.20.